The standard InChI is InChI=1S/C21H16Cl2N6O6S2/c1-2-37(32,33)14-6-3-12(4-7-14)28-29-17-16(36-35-34-31)10-11-9-13(5-8-15(11)18(17)30)24-21-26-19(22)25-20(23)27-21/h3-10,30-31H,2H2,1H3,(H,24,25,26,27). The molecule has 0 saturated heterocycles. The normalized spacial score (nSPS) is 11.9. The summed E-state index contributed by atoms with van der Waals surface area (Å²) >= 11 is 12.2. The number of sulfone groups is 1. The van der Waals surface area contributed by atoms with Crippen LogP contribution >= 0.6 is 35.2 Å². The molecule has 0 saturated carbocycles. The number of azo groups is 1. The minimum Gasteiger partial charge on any atom is -0.505 e. The third-order valence-corrected chi connectivity index (χ3v) is 7.59. The lowest BCUT2D eigenvalue weighted by atomic mass is 10.1. The predicted octanol–water partition coefficient (Wildman–Crippen LogP) is 6.42. The van der Waals surface area contributed by atoms with Gasteiger partial charge in [0, 0.05) is 11.1 Å². The van der Waals surface area contributed by atoms with Gasteiger partial charge in [-0.1, -0.05) is 12.0 Å². The number of fused-ring (bicyclic) bond motifs is 1. The molecule has 12 nitrogen and oxygen atoms in total. The number of halogens is 2. The Morgan fingerprint density at radius 1 is 1.03 bits per heavy atom. The first-order valence-corrected chi connectivity index (χ1v) is 13.4. The lowest BCUT2D eigenvalue weighted by molar-refractivity contribution is -0.432. The Morgan fingerprint density at radius 2 is 1.73 bits per heavy atom. The number of rotatable bonds is 9. The molecule has 0 bridgehead atoms. The average molecular weight is 583 g/mol. The number of aromatic hydroxyl groups is 1. The minimum atomic E-state index is -3.36. The number of hydrogen-bond acceptors (Lipinski definition) is 13. The molecule has 4 aromatic rings. The maximum atomic E-state index is 12.0. The van der Waals surface area contributed by atoms with Crippen LogP contribution in [0.2, 0.25) is 10.6 Å². The van der Waals surface area contributed by atoms with E-state index in [9.17, 15) is 13.5 Å². The van der Waals surface area contributed by atoms with E-state index in [2.05, 4.69) is 39.9 Å². The molecule has 0 spiro atoms. The fraction of sp³-hybridized carbons (Fsp3) is 0.0952. The zero-order valence-electron chi connectivity index (χ0n) is 18.7. The molecule has 192 valence electrons. The van der Waals surface area contributed by atoms with Gasteiger partial charge in [0.15, 0.2) is 15.6 Å². The second-order valence-electron chi connectivity index (χ2n) is 7.15. The molecule has 0 unspecified atom stereocenters. The Kier molecular flexibility index (Phi) is 8.39. The van der Waals surface area contributed by atoms with E-state index in [0.717, 1.165) is 0 Å². The van der Waals surface area contributed by atoms with Crippen LogP contribution in [0.3, 0.4) is 0 Å². The number of phenols is 1. The van der Waals surface area contributed by atoms with Crippen molar-refractivity contribution >= 4 is 78.9 Å². The summed E-state index contributed by atoms with van der Waals surface area (Å²) in [7, 11) is -3.36. The summed E-state index contributed by atoms with van der Waals surface area (Å²) in [5, 5.41) is 35.2. The highest BCUT2D eigenvalue weighted by Gasteiger charge is 2.16. The molecule has 16 heteroatoms. The zero-order valence-corrected chi connectivity index (χ0v) is 21.8. The Balaban J connectivity index is 1.69. The summed E-state index contributed by atoms with van der Waals surface area (Å²) in [5.41, 5.74) is 0.910. The van der Waals surface area contributed by atoms with Crippen LogP contribution < -0.4 is 5.32 Å². The van der Waals surface area contributed by atoms with Crippen molar-refractivity contribution in [2.45, 2.75) is 16.7 Å². The Hall–Kier alpha value is -3.11. The fourth-order valence-electron chi connectivity index (χ4n) is 3.15. The van der Waals surface area contributed by atoms with Crippen LogP contribution in [0.4, 0.5) is 23.0 Å². The van der Waals surface area contributed by atoms with Gasteiger partial charge in [0.25, 0.3) is 0 Å². The molecule has 3 N–H and O–H groups in total. The van der Waals surface area contributed by atoms with Crippen LogP contribution in [0.5, 0.6) is 5.75 Å². The van der Waals surface area contributed by atoms with E-state index in [-0.39, 0.29) is 43.5 Å². The van der Waals surface area contributed by atoms with Crippen LogP contribution in [0, 0.1) is 0 Å². The first-order valence-electron chi connectivity index (χ1n) is 10.2. The Bertz CT molecular complexity index is 1570. The number of aromatic nitrogens is 3. The number of hydrogen-bond donors (Lipinski definition) is 3. The first-order chi connectivity index (χ1) is 17.7. The molecule has 1 heterocycles. The fourth-order valence-corrected chi connectivity index (χ4v) is 4.89. The first kappa shape index (κ1) is 26.9. The molecule has 0 amide bonds. The number of phenolic OH excluding ortho intramolecular Hbond substituents is 1. The zero-order chi connectivity index (χ0) is 26.6. The quantitative estimate of drug-likeness (QED) is 0.0860. The summed E-state index contributed by atoms with van der Waals surface area (Å²) in [6.07, 6.45) is 0. The van der Waals surface area contributed by atoms with Crippen molar-refractivity contribution in [2.75, 3.05) is 11.1 Å². The molecule has 37 heavy (non-hydrogen) atoms. The summed E-state index contributed by atoms with van der Waals surface area (Å²) in [4.78, 5) is 12.0. The van der Waals surface area contributed by atoms with E-state index in [1.165, 1.54) is 24.3 Å². The van der Waals surface area contributed by atoms with E-state index in [0.29, 0.717) is 34.2 Å². The number of nitrogens with one attached hydrogen (secondary N) is 1. The van der Waals surface area contributed by atoms with Crippen LogP contribution in [-0.4, -0.2) is 39.5 Å². The Morgan fingerprint density at radius 3 is 2.38 bits per heavy atom. The largest absolute Gasteiger partial charge is 0.505 e. The third kappa shape index (κ3) is 6.42. The molecule has 0 aliphatic heterocycles. The summed E-state index contributed by atoms with van der Waals surface area (Å²) < 4.78 is 28.6. The van der Waals surface area contributed by atoms with Crippen molar-refractivity contribution in [3.8, 4) is 5.75 Å². The smallest absolute Gasteiger partial charge is 0.232 e. The highest BCUT2D eigenvalue weighted by atomic mass is 35.5. The van der Waals surface area contributed by atoms with E-state index in [1.54, 1.807) is 31.2 Å². The highest BCUT2D eigenvalue weighted by molar-refractivity contribution is 7.94. The second kappa shape index (κ2) is 11.5. The topological polar surface area (TPSA) is 168 Å². The van der Waals surface area contributed by atoms with Gasteiger partial charge in [-0.3, -0.25) is 0 Å². The lowest BCUT2D eigenvalue weighted by Gasteiger charge is -2.11. The number of anilines is 2. The predicted molar refractivity (Wildman–Crippen MR) is 138 cm³/mol. The number of nitrogens with zero attached hydrogens (tertiary/aromatic N) is 5. The molecule has 1 aromatic heterocycles. The SMILES string of the molecule is CCS(=O)(=O)c1ccc(N=Nc2c(SOOO)cc3cc(Nc4nc(Cl)nc(Cl)n4)ccc3c2O)cc1. The van der Waals surface area contributed by atoms with Crippen LogP contribution in [0.1, 0.15) is 6.92 Å². The molecule has 0 aliphatic carbocycles. The van der Waals surface area contributed by atoms with Gasteiger partial charge in [-0.2, -0.15) is 20.1 Å². The lowest BCUT2D eigenvalue weighted by Crippen LogP contribution is -2.02. The van der Waals surface area contributed by atoms with Crippen molar-refractivity contribution in [3.63, 3.8) is 0 Å². The highest BCUT2D eigenvalue weighted by Crippen LogP contribution is 2.44. The van der Waals surface area contributed by atoms with E-state index in [4.69, 9.17) is 28.5 Å². The molecule has 0 atom stereocenters. The minimum absolute atomic E-state index is 0.0246. The molecule has 0 aliphatic rings. The maximum absolute atomic E-state index is 12.0. The van der Waals surface area contributed by atoms with Crippen LogP contribution in [0.15, 0.2) is 68.6 Å². The summed E-state index contributed by atoms with van der Waals surface area (Å²) in [6, 6.07) is 12.4. The van der Waals surface area contributed by atoms with Gasteiger partial charge in [-0.05, 0) is 77.1 Å². The second-order valence-corrected chi connectivity index (χ2v) is 10.9. The van der Waals surface area contributed by atoms with Crippen molar-refractivity contribution in [1.82, 2.24) is 15.0 Å². The molecule has 4 rings (SSSR count). The van der Waals surface area contributed by atoms with E-state index in [1.807, 2.05) is 0 Å². The van der Waals surface area contributed by atoms with Crippen molar-refractivity contribution in [1.29, 1.82) is 0 Å². The van der Waals surface area contributed by atoms with Gasteiger partial charge in [0.2, 0.25) is 16.5 Å². The van der Waals surface area contributed by atoms with E-state index >= 15 is 0 Å². The van der Waals surface area contributed by atoms with Gasteiger partial charge in [0.05, 0.1) is 33.3 Å². The molecular formula is C21H16Cl2N6O6S2. The van der Waals surface area contributed by atoms with Gasteiger partial charge < -0.3 is 10.4 Å². The van der Waals surface area contributed by atoms with Gasteiger partial charge in [-0.25, -0.2) is 13.7 Å². The molecular weight excluding hydrogens is 567 g/mol. The Labute approximate surface area is 224 Å². The maximum Gasteiger partial charge on any atom is 0.232 e. The summed E-state index contributed by atoms with van der Waals surface area (Å²) in [5.74, 6) is -0.141. The van der Waals surface area contributed by atoms with Crippen LogP contribution in [0.25, 0.3) is 10.8 Å². The van der Waals surface area contributed by atoms with Crippen LogP contribution in [-0.2, 0) is 19.2 Å². The van der Waals surface area contributed by atoms with Gasteiger partial charge in [-0.15, -0.1) is 9.45 Å². The molecule has 0 fully saturated rings. The molecule has 3 aromatic carbocycles. The third-order valence-electron chi connectivity index (χ3n) is 4.88. The van der Waals surface area contributed by atoms with Crippen molar-refractivity contribution in [3.05, 3.63) is 59.1 Å². The van der Waals surface area contributed by atoms with E-state index < -0.39 is 9.84 Å². The van der Waals surface area contributed by atoms with Gasteiger partial charge in [0.1, 0.15) is 5.69 Å². The monoisotopic (exact) mass is 582 g/mol. The summed E-state index contributed by atoms with van der Waals surface area (Å²) in [6.45, 7) is 1.56. The number of benzene rings is 3. The average Bonchev–Trinajstić information content (AvgIpc) is 2.86. The van der Waals surface area contributed by atoms with Gasteiger partial charge >= 0.3 is 0 Å². The molecule has 0 radical (unpaired) electrons. The van der Waals surface area contributed by atoms with Crippen molar-refractivity contribution in [2.24, 2.45) is 10.2 Å². The van der Waals surface area contributed by atoms with Crippen molar-refractivity contribution < 1.29 is 28.2 Å².